The first-order chi connectivity index (χ1) is 10.1. The van der Waals surface area contributed by atoms with Crippen molar-refractivity contribution in [1.29, 1.82) is 0 Å². The van der Waals surface area contributed by atoms with Crippen LogP contribution in [0.5, 0.6) is 11.5 Å². The molecule has 2 rings (SSSR count). The maximum Gasteiger partial charge on any atom is 0.170 e. The Bertz CT molecular complexity index is 617. The highest BCUT2D eigenvalue weighted by Gasteiger charge is 2.14. The first-order valence-corrected chi connectivity index (χ1v) is 7.02. The van der Waals surface area contributed by atoms with Crippen molar-refractivity contribution in [3.63, 3.8) is 0 Å². The molecule has 0 aromatic heterocycles. The number of ketones is 1. The Morgan fingerprint density at radius 3 is 2.57 bits per heavy atom. The number of carbonyl (C=O) groups is 1. The average Bonchev–Trinajstić information content (AvgIpc) is 2.47. The number of methoxy groups -OCH3 is 1. The van der Waals surface area contributed by atoms with Crippen LogP contribution >= 0.6 is 0 Å². The lowest BCUT2D eigenvalue weighted by Gasteiger charge is -2.13. The summed E-state index contributed by atoms with van der Waals surface area (Å²) < 4.78 is 10.9. The summed E-state index contributed by atoms with van der Waals surface area (Å²) in [6.07, 6.45) is 0.367. The van der Waals surface area contributed by atoms with E-state index in [2.05, 4.69) is 0 Å². The van der Waals surface area contributed by atoms with E-state index < -0.39 is 0 Å². The molecule has 0 amide bonds. The molecule has 3 heteroatoms. The van der Waals surface area contributed by atoms with E-state index in [0.29, 0.717) is 17.7 Å². The van der Waals surface area contributed by atoms with Crippen molar-refractivity contribution in [3.05, 3.63) is 59.7 Å². The highest BCUT2D eigenvalue weighted by atomic mass is 16.5. The van der Waals surface area contributed by atoms with Gasteiger partial charge in [-0.15, -0.1) is 0 Å². The SMILES string of the molecule is COc1cccc(CC(=O)c2ccccc2OC(C)C)c1. The molecule has 2 aromatic carbocycles. The van der Waals surface area contributed by atoms with Gasteiger partial charge in [0.1, 0.15) is 11.5 Å². The van der Waals surface area contributed by atoms with Crippen LogP contribution in [0.1, 0.15) is 29.8 Å². The van der Waals surface area contributed by atoms with Gasteiger partial charge in [0.25, 0.3) is 0 Å². The summed E-state index contributed by atoms with van der Waals surface area (Å²) >= 11 is 0. The highest BCUT2D eigenvalue weighted by Crippen LogP contribution is 2.22. The van der Waals surface area contributed by atoms with E-state index in [4.69, 9.17) is 9.47 Å². The van der Waals surface area contributed by atoms with Gasteiger partial charge in [-0.1, -0.05) is 24.3 Å². The van der Waals surface area contributed by atoms with Crippen LogP contribution < -0.4 is 9.47 Å². The van der Waals surface area contributed by atoms with Crippen LogP contribution in [-0.2, 0) is 6.42 Å². The number of hydrogen-bond donors (Lipinski definition) is 0. The standard InChI is InChI=1S/C18H20O3/c1-13(2)21-18-10-5-4-9-16(18)17(19)12-14-7-6-8-15(11-14)20-3/h4-11,13H,12H2,1-3H3. The first-order valence-electron chi connectivity index (χ1n) is 7.02. The molecule has 0 spiro atoms. The lowest BCUT2D eigenvalue weighted by molar-refractivity contribution is 0.0987. The summed E-state index contributed by atoms with van der Waals surface area (Å²) in [5.41, 5.74) is 1.55. The molecule has 0 bridgehead atoms. The molecule has 0 radical (unpaired) electrons. The second-order valence-corrected chi connectivity index (χ2v) is 5.11. The molecule has 0 heterocycles. The Balaban J connectivity index is 2.20. The van der Waals surface area contributed by atoms with Crippen molar-refractivity contribution >= 4 is 5.78 Å². The van der Waals surface area contributed by atoms with Crippen molar-refractivity contribution in [1.82, 2.24) is 0 Å². The molecule has 3 nitrogen and oxygen atoms in total. The lowest BCUT2D eigenvalue weighted by Crippen LogP contribution is -2.11. The molecule has 0 aliphatic carbocycles. The average molecular weight is 284 g/mol. The monoisotopic (exact) mass is 284 g/mol. The van der Waals surface area contributed by atoms with Crippen LogP contribution in [0.3, 0.4) is 0 Å². The van der Waals surface area contributed by atoms with E-state index in [1.165, 1.54) is 0 Å². The molecule has 110 valence electrons. The Morgan fingerprint density at radius 2 is 1.86 bits per heavy atom. The number of benzene rings is 2. The topological polar surface area (TPSA) is 35.5 Å². The molecule has 0 unspecified atom stereocenters. The molecule has 0 aliphatic rings. The number of carbonyl (C=O) groups excluding carboxylic acids is 1. The molecule has 0 atom stereocenters. The lowest BCUT2D eigenvalue weighted by atomic mass is 10.0. The van der Waals surface area contributed by atoms with Gasteiger partial charge >= 0.3 is 0 Å². The van der Waals surface area contributed by atoms with E-state index in [1.54, 1.807) is 13.2 Å². The zero-order chi connectivity index (χ0) is 15.2. The number of para-hydroxylation sites is 1. The van der Waals surface area contributed by atoms with Crippen molar-refractivity contribution in [2.45, 2.75) is 26.4 Å². The third-order valence-electron chi connectivity index (χ3n) is 3.05. The Labute approximate surface area is 125 Å². The molecule has 0 saturated heterocycles. The van der Waals surface area contributed by atoms with Crippen LogP contribution in [0, 0.1) is 0 Å². The number of rotatable bonds is 6. The van der Waals surface area contributed by atoms with Crippen LogP contribution in [0.4, 0.5) is 0 Å². The van der Waals surface area contributed by atoms with Gasteiger partial charge in [-0.3, -0.25) is 4.79 Å². The van der Waals surface area contributed by atoms with Gasteiger partial charge in [0.05, 0.1) is 18.8 Å². The summed E-state index contributed by atoms with van der Waals surface area (Å²) in [5, 5.41) is 0. The fraction of sp³-hybridized carbons (Fsp3) is 0.278. The van der Waals surface area contributed by atoms with Crippen LogP contribution in [0.15, 0.2) is 48.5 Å². The predicted octanol–water partition coefficient (Wildman–Crippen LogP) is 3.91. The third kappa shape index (κ3) is 4.09. The van der Waals surface area contributed by atoms with Gasteiger partial charge in [0.15, 0.2) is 5.78 Å². The molecular weight excluding hydrogens is 264 g/mol. The second kappa shape index (κ2) is 6.93. The van der Waals surface area contributed by atoms with Gasteiger partial charge in [-0.25, -0.2) is 0 Å². The smallest absolute Gasteiger partial charge is 0.170 e. The van der Waals surface area contributed by atoms with Gasteiger partial charge in [-0.05, 0) is 43.7 Å². The molecule has 0 fully saturated rings. The fourth-order valence-corrected chi connectivity index (χ4v) is 2.12. The largest absolute Gasteiger partial charge is 0.497 e. The van der Waals surface area contributed by atoms with Crippen molar-refractivity contribution in [2.24, 2.45) is 0 Å². The maximum absolute atomic E-state index is 12.5. The zero-order valence-electron chi connectivity index (χ0n) is 12.6. The normalized spacial score (nSPS) is 10.5. The van der Waals surface area contributed by atoms with Crippen molar-refractivity contribution in [2.75, 3.05) is 7.11 Å². The minimum absolute atomic E-state index is 0.0377. The number of hydrogen-bond acceptors (Lipinski definition) is 3. The van der Waals surface area contributed by atoms with E-state index >= 15 is 0 Å². The Hall–Kier alpha value is -2.29. The molecule has 0 N–H and O–H groups in total. The van der Waals surface area contributed by atoms with E-state index in [-0.39, 0.29) is 11.9 Å². The Kier molecular flexibility index (Phi) is 4.99. The van der Waals surface area contributed by atoms with E-state index in [0.717, 1.165) is 11.3 Å². The van der Waals surface area contributed by atoms with Crippen molar-refractivity contribution in [3.8, 4) is 11.5 Å². The van der Waals surface area contributed by atoms with E-state index in [1.807, 2.05) is 56.3 Å². The van der Waals surface area contributed by atoms with Crippen molar-refractivity contribution < 1.29 is 14.3 Å². The van der Waals surface area contributed by atoms with Crippen LogP contribution in [-0.4, -0.2) is 19.0 Å². The minimum Gasteiger partial charge on any atom is -0.497 e. The molecule has 0 saturated carbocycles. The summed E-state index contributed by atoms with van der Waals surface area (Å²) in [5.74, 6) is 1.44. The third-order valence-corrected chi connectivity index (χ3v) is 3.05. The van der Waals surface area contributed by atoms with Crippen LogP contribution in [0.2, 0.25) is 0 Å². The Morgan fingerprint density at radius 1 is 1.10 bits per heavy atom. The summed E-state index contributed by atoms with van der Waals surface area (Å²) in [6.45, 7) is 3.90. The van der Waals surface area contributed by atoms with Gasteiger partial charge < -0.3 is 9.47 Å². The van der Waals surface area contributed by atoms with E-state index in [9.17, 15) is 4.79 Å². The van der Waals surface area contributed by atoms with Gasteiger partial charge in [0, 0.05) is 6.42 Å². The van der Waals surface area contributed by atoms with Crippen LogP contribution in [0.25, 0.3) is 0 Å². The van der Waals surface area contributed by atoms with Gasteiger partial charge in [0.2, 0.25) is 0 Å². The quantitative estimate of drug-likeness (QED) is 0.754. The summed E-state index contributed by atoms with van der Waals surface area (Å²) in [6, 6.07) is 14.9. The second-order valence-electron chi connectivity index (χ2n) is 5.11. The summed E-state index contributed by atoms with van der Waals surface area (Å²) in [4.78, 5) is 12.5. The first kappa shape index (κ1) is 15.1. The molecular formula is C18H20O3. The number of ether oxygens (including phenoxy) is 2. The zero-order valence-corrected chi connectivity index (χ0v) is 12.6. The molecule has 21 heavy (non-hydrogen) atoms. The summed E-state index contributed by atoms with van der Waals surface area (Å²) in [7, 11) is 1.62. The highest BCUT2D eigenvalue weighted by molar-refractivity contribution is 6.00. The fourth-order valence-electron chi connectivity index (χ4n) is 2.12. The maximum atomic E-state index is 12.5. The molecule has 2 aromatic rings. The van der Waals surface area contributed by atoms with Gasteiger partial charge in [-0.2, -0.15) is 0 Å². The number of Topliss-reactive ketones (excluding diaryl/α,β-unsaturated/α-hetero) is 1. The molecule has 0 aliphatic heterocycles. The minimum atomic E-state index is 0.0377. The predicted molar refractivity (Wildman–Crippen MR) is 83.2 cm³/mol.